The van der Waals surface area contributed by atoms with Gasteiger partial charge in [0.2, 0.25) is 0 Å². The van der Waals surface area contributed by atoms with E-state index in [-0.39, 0.29) is 6.04 Å². The van der Waals surface area contributed by atoms with Gasteiger partial charge in [-0.05, 0) is 19.1 Å². The summed E-state index contributed by atoms with van der Waals surface area (Å²) in [6.45, 7) is 3.60. The highest BCUT2D eigenvalue weighted by Crippen LogP contribution is 2.24. The maximum atomic E-state index is 10.2. The van der Waals surface area contributed by atoms with Gasteiger partial charge in [-0.3, -0.25) is 0 Å². The third-order valence-electron chi connectivity index (χ3n) is 3.69. The van der Waals surface area contributed by atoms with Crippen molar-refractivity contribution in [2.75, 3.05) is 19.8 Å². The molecular weight excluding hydrogens is 242 g/mol. The Morgan fingerprint density at radius 2 is 2.26 bits per heavy atom. The number of hydrogen-bond donors (Lipinski definition) is 2. The largest absolute Gasteiger partial charge is 0.459 e. The molecule has 1 aliphatic heterocycles. The summed E-state index contributed by atoms with van der Waals surface area (Å²) in [6, 6.07) is 10.1. The second-order valence-corrected chi connectivity index (χ2v) is 5.32. The third kappa shape index (κ3) is 2.66. The molecule has 0 spiro atoms. The minimum atomic E-state index is -0.736. The van der Waals surface area contributed by atoms with Crippen molar-refractivity contribution in [3.8, 4) is 0 Å². The summed E-state index contributed by atoms with van der Waals surface area (Å²) < 4.78 is 11.0. The molecule has 1 saturated heterocycles. The lowest BCUT2D eigenvalue weighted by atomic mass is 10.0. The normalized spacial score (nSPS) is 24.9. The Balaban J connectivity index is 1.68. The van der Waals surface area contributed by atoms with Crippen molar-refractivity contribution in [1.82, 2.24) is 5.32 Å². The zero-order valence-corrected chi connectivity index (χ0v) is 11.1. The molecule has 1 aromatic carbocycles. The van der Waals surface area contributed by atoms with Gasteiger partial charge in [0.05, 0.1) is 12.6 Å². The summed E-state index contributed by atoms with van der Waals surface area (Å²) in [4.78, 5) is 0. The van der Waals surface area contributed by atoms with Crippen LogP contribution in [0, 0.1) is 0 Å². The van der Waals surface area contributed by atoms with Crippen molar-refractivity contribution < 1.29 is 14.3 Å². The van der Waals surface area contributed by atoms with Gasteiger partial charge in [0.25, 0.3) is 0 Å². The molecule has 4 nitrogen and oxygen atoms in total. The number of hydrogen-bond acceptors (Lipinski definition) is 4. The first-order valence-electron chi connectivity index (χ1n) is 6.68. The van der Waals surface area contributed by atoms with Crippen LogP contribution in [-0.4, -0.2) is 30.5 Å². The van der Waals surface area contributed by atoms with Crippen LogP contribution in [-0.2, 0) is 4.74 Å². The molecule has 0 bridgehead atoms. The van der Waals surface area contributed by atoms with Crippen LogP contribution in [0.25, 0.3) is 11.0 Å². The first-order valence-corrected chi connectivity index (χ1v) is 6.68. The number of furan rings is 1. The standard InChI is InChI=1S/C15H19NO3/c1-11(16-9-15(17)6-7-18-10-15)14-8-12-4-2-3-5-13(12)19-14/h2-5,8,11,16-17H,6-7,9-10H2,1H3. The minimum absolute atomic E-state index is 0.0667. The number of nitrogens with one attached hydrogen (secondary N) is 1. The number of para-hydroxylation sites is 1. The quantitative estimate of drug-likeness (QED) is 0.886. The van der Waals surface area contributed by atoms with E-state index in [1.54, 1.807) is 0 Å². The van der Waals surface area contributed by atoms with Crippen LogP contribution in [0.1, 0.15) is 25.1 Å². The Morgan fingerprint density at radius 1 is 1.42 bits per heavy atom. The molecule has 2 aromatic rings. The second kappa shape index (κ2) is 4.96. The molecule has 4 heteroatoms. The van der Waals surface area contributed by atoms with Gasteiger partial charge in [-0.15, -0.1) is 0 Å². The highest BCUT2D eigenvalue weighted by Gasteiger charge is 2.32. The molecule has 0 radical (unpaired) electrons. The summed E-state index contributed by atoms with van der Waals surface area (Å²) in [7, 11) is 0. The number of rotatable bonds is 4. The molecule has 2 atom stereocenters. The van der Waals surface area contributed by atoms with Gasteiger partial charge in [-0.2, -0.15) is 0 Å². The third-order valence-corrected chi connectivity index (χ3v) is 3.69. The summed E-state index contributed by atoms with van der Waals surface area (Å²) in [6.07, 6.45) is 0.687. The van der Waals surface area contributed by atoms with Crippen LogP contribution in [0.4, 0.5) is 0 Å². The zero-order chi connectivity index (χ0) is 13.3. The number of ether oxygens (including phenoxy) is 1. The molecule has 0 amide bonds. The summed E-state index contributed by atoms with van der Waals surface area (Å²) >= 11 is 0. The molecule has 2 unspecified atom stereocenters. The Kier molecular flexibility index (Phi) is 3.31. The molecule has 2 N–H and O–H groups in total. The highest BCUT2D eigenvalue weighted by atomic mass is 16.5. The predicted octanol–water partition coefficient (Wildman–Crippen LogP) is 2.23. The number of benzene rings is 1. The van der Waals surface area contributed by atoms with E-state index in [1.165, 1.54) is 0 Å². The first kappa shape index (κ1) is 12.7. The van der Waals surface area contributed by atoms with Gasteiger partial charge in [-0.1, -0.05) is 18.2 Å². The second-order valence-electron chi connectivity index (χ2n) is 5.32. The van der Waals surface area contributed by atoms with Crippen molar-refractivity contribution in [2.24, 2.45) is 0 Å². The van der Waals surface area contributed by atoms with Crippen molar-refractivity contribution in [1.29, 1.82) is 0 Å². The fourth-order valence-corrected chi connectivity index (χ4v) is 2.40. The Labute approximate surface area is 112 Å². The van der Waals surface area contributed by atoms with E-state index < -0.39 is 5.60 Å². The monoisotopic (exact) mass is 261 g/mol. The van der Waals surface area contributed by atoms with Gasteiger partial charge in [0.1, 0.15) is 16.9 Å². The predicted molar refractivity (Wildman–Crippen MR) is 73.0 cm³/mol. The lowest BCUT2D eigenvalue weighted by molar-refractivity contribution is 0.0247. The molecule has 19 heavy (non-hydrogen) atoms. The Hall–Kier alpha value is -1.36. The molecule has 1 aliphatic rings. The summed E-state index contributed by atoms with van der Waals surface area (Å²) in [5.74, 6) is 0.892. The summed E-state index contributed by atoms with van der Waals surface area (Å²) in [5.41, 5.74) is 0.161. The van der Waals surface area contributed by atoms with Crippen LogP contribution in [0.3, 0.4) is 0 Å². The van der Waals surface area contributed by atoms with Crippen molar-refractivity contribution in [3.05, 3.63) is 36.1 Å². The molecule has 2 heterocycles. The topological polar surface area (TPSA) is 54.6 Å². The SMILES string of the molecule is CC(NCC1(O)CCOC1)c1cc2ccccc2o1. The molecule has 3 rings (SSSR count). The smallest absolute Gasteiger partial charge is 0.134 e. The van der Waals surface area contributed by atoms with E-state index in [1.807, 2.05) is 37.3 Å². The van der Waals surface area contributed by atoms with Crippen molar-refractivity contribution in [2.45, 2.75) is 25.0 Å². The van der Waals surface area contributed by atoms with Crippen molar-refractivity contribution >= 4 is 11.0 Å². The zero-order valence-electron chi connectivity index (χ0n) is 11.1. The van der Waals surface area contributed by atoms with Gasteiger partial charge in [0.15, 0.2) is 0 Å². The molecular formula is C15H19NO3. The highest BCUT2D eigenvalue weighted by molar-refractivity contribution is 5.77. The molecule has 1 aromatic heterocycles. The molecule has 1 fully saturated rings. The Bertz CT molecular complexity index is 524. The number of fused-ring (bicyclic) bond motifs is 1. The molecule has 0 aliphatic carbocycles. The Morgan fingerprint density at radius 3 is 3.00 bits per heavy atom. The average Bonchev–Trinajstić information content (AvgIpc) is 3.02. The fraction of sp³-hybridized carbons (Fsp3) is 0.467. The first-order chi connectivity index (χ1) is 9.16. The lowest BCUT2D eigenvalue weighted by Gasteiger charge is -2.22. The van der Waals surface area contributed by atoms with E-state index in [9.17, 15) is 5.11 Å². The van der Waals surface area contributed by atoms with Crippen LogP contribution in [0.5, 0.6) is 0 Å². The van der Waals surface area contributed by atoms with E-state index in [0.29, 0.717) is 26.2 Å². The van der Waals surface area contributed by atoms with Crippen LogP contribution < -0.4 is 5.32 Å². The molecule has 102 valence electrons. The van der Waals surface area contributed by atoms with Crippen LogP contribution >= 0.6 is 0 Å². The van der Waals surface area contributed by atoms with E-state index in [4.69, 9.17) is 9.15 Å². The fourth-order valence-electron chi connectivity index (χ4n) is 2.40. The lowest BCUT2D eigenvalue weighted by Crippen LogP contribution is -2.41. The number of aliphatic hydroxyl groups is 1. The average molecular weight is 261 g/mol. The maximum Gasteiger partial charge on any atom is 0.134 e. The molecule has 0 saturated carbocycles. The van der Waals surface area contributed by atoms with Gasteiger partial charge >= 0.3 is 0 Å². The van der Waals surface area contributed by atoms with Gasteiger partial charge < -0.3 is 19.6 Å². The maximum absolute atomic E-state index is 10.2. The van der Waals surface area contributed by atoms with Gasteiger partial charge in [-0.25, -0.2) is 0 Å². The van der Waals surface area contributed by atoms with Crippen LogP contribution in [0.2, 0.25) is 0 Å². The minimum Gasteiger partial charge on any atom is -0.459 e. The van der Waals surface area contributed by atoms with E-state index in [2.05, 4.69) is 5.32 Å². The van der Waals surface area contributed by atoms with Gasteiger partial charge in [0, 0.05) is 25.0 Å². The van der Waals surface area contributed by atoms with Crippen LogP contribution in [0.15, 0.2) is 34.7 Å². The van der Waals surface area contributed by atoms with E-state index in [0.717, 1.165) is 16.7 Å². The summed E-state index contributed by atoms with van der Waals surface area (Å²) in [5, 5.41) is 14.6. The van der Waals surface area contributed by atoms with E-state index >= 15 is 0 Å². The van der Waals surface area contributed by atoms with Crippen molar-refractivity contribution in [3.63, 3.8) is 0 Å².